The summed E-state index contributed by atoms with van der Waals surface area (Å²) in [7, 11) is 0. The van der Waals surface area contributed by atoms with E-state index in [1.165, 1.54) is 5.56 Å². The van der Waals surface area contributed by atoms with Crippen molar-refractivity contribution in [1.29, 1.82) is 0 Å². The number of hydrogen-bond acceptors (Lipinski definition) is 4. The molecule has 2 rings (SSSR count). The lowest BCUT2D eigenvalue weighted by Gasteiger charge is -2.06. The predicted molar refractivity (Wildman–Crippen MR) is 82.0 cm³/mol. The fourth-order valence-corrected chi connectivity index (χ4v) is 2.02. The van der Waals surface area contributed by atoms with Crippen molar-refractivity contribution in [3.8, 4) is 11.3 Å². The Morgan fingerprint density at radius 2 is 1.95 bits per heavy atom. The summed E-state index contributed by atoms with van der Waals surface area (Å²) in [6, 6.07) is 8.04. The van der Waals surface area contributed by atoms with E-state index in [0.717, 1.165) is 18.4 Å². The number of hydrogen-bond donors (Lipinski definition) is 1. The highest BCUT2D eigenvalue weighted by atomic mass is 16.6. The second-order valence-corrected chi connectivity index (χ2v) is 5.39. The topological polar surface area (TPSA) is 68.0 Å². The lowest BCUT2D eigenvalue weighted by molar-refractivity contribution is -0.116. The monoisotopic (exact) mass is 287 g/mol. The van der Waals surface area contributed by atoms with Gasteiger partial charge in [0.15, 0.2) is 5.69 Å². The Morgan fingerprint density at radius 1 is 1.24 bits per heavy atom. The van der Waals surface area contributed by atoms with Gasteiger partial charge in [0.2, 0.25) is 11.7 Å². The highest BCUT2D eigenvalue weighted by Gasteiger charge is 2.15. The minimum Gasteiger partial charge on any atom is -0.306 e. The molecule has 0 fully saturated rings. The highest BCUT2D eigenvalue weighted by molar-refractivity contribution is 5.92. The molecule has 0 aliphatic carbocycles. The van der Waals surface area contributed by atoms with Crippen LogP contribution in [0.2, 0.25) is 0 Å². The number of carbonyl (C=O) groups is 1. The summed E-state index contributed by atoms with van der Waals surface area (Å²) in [5, 5.41) is 10.4. The quantitative estimate of drug-likeness (QED) is 0.872. The van der Waals surface area contributed by atoms with E-state index in [4.69, 9.17) is 4.63 Å². The van der Waals surface area contributed by atoms with Gasteiger partial charge in [-0.1, -0.05) is 51.5 Å². The molecule has 0 radical (unpaired) electrons. The summed E-state index contributed by atoms with van der Waals surface area (Å²) < 4.78 is 4.77. The third kappa shape index (κ3) is 3.90. The molecule has 1 amide bonds. The molecule has 1 heterocycles. The van der Waals surface area contributed by atoms with Crippen molar-refractivity contribution in [2.24, 2.45) is 0 Å². The zero-order valence-corrected chi connectivity index (χ0v) is 12.7. The molecule has 1 aromatic carbocycles. The van der Waals surface area contributed by atoms with Crippen LogP contribution in [0.3, 0.4) is 0 Å². The Bertz CT molecular complexity index is 588. The molecule has 0 saturated carbocycles. The first kappa shape index (κ1) is 15.2. The molecule has 0 atom stereocenters. The highest BCUT2D eigenvalue weighted by Crippen LogP contribution is 2.26. The second kappa shape index (κ2) is 7.02. The molecule has 0 unspecified atom stereocenters. The molecule has 5 nitrogen and oxygen atoms in total. The first-order chi connectivity index (χ1) is 10.1. The van der Waals surface area contributed by atoms with E-state index in [9.17, 15) is 4.79 Å². The Hall–Kier alpha value is -2.17. The van der Waals surface area contributed by atoms with Gasteiger partial charge >= 0.3 is 0 Å². The van der Waals surface area contributed by atoms with Gasteiger partial charge in [-0.3, -0.25) is 4.79 Å². The maximum atomic E-state index is 11.8. The van der Waals surface area contributed by atoms with Crippen LogP contribution in [0.25, 0.3) is 11.3 Å². The molecular formula is C16H21N3O2. The van der Waals surface area contributed by atoms with Gasteiger partial charge in [0.25, 0.3) is 0 Å². The van der Waals surface area contributed by atoms with Gasteiger partial charge in [0, 0.05) is 12.0 Å². The minimum absolute atomic E-state index is 0.0624. The van der Waals surface area contributed by atoms with Gasteiger partial charge in [-0.2, -0.15) is 0 Å². The molecule has 0 aliphatic heterocycles. The third-order valence-corrected chi connectivity index (χ3v) is 3.35. The maximum Gasteiger partial charge on any atom is 0.225 e. The number of aromatic nitrogens is 2. The number of rotatable bonds is 6. The molecule has 2 aromatic rings. The van der Waals surface area contributed by atoms with Crippen molar-refractivity contribution >= 4 is 11.7 Å². The van der Waals surface area contributed by atoms with Crippen LogP contribution in [0.4, 0.5) is 5.82 Å². The van der Waals surface area contributed by atoms with E-state index >= 15 is 0 Å². The van der Waals surface area contributed by atoms with Gasteiger partial charge < -0.3 is 5.32 Å². The summed E-state index contributed by atoms with van der Waals surface area (Å²) in [5.74, 6) is 0.795. The average molecular weight is 287 g/mol. The van der Waals surface area contributed by atoms with Gasteiger partial charge in [-0.15, -0.1) is 0 Å². The van der Waals surface area contributed by atoms with Crippen molar-refractivity contribution in [3.05, 3.63) is 29.8 Å². The normalized spacial score (nSPS) is 10.9. The number of nitrogens with zero attached hydrogens (tertiary/aromatic N) is 2. The summed E-state index contributed by atoms with van der Waals surface area (Å²) in [4.78, 5) is 11.8. The molecule has 0 aliphatic rings. The van der Waals surface area contributed by atoms with Crippen molar-refractivity contribution in [2.45, 2.75) is 46.0 Å². The first-order valence-electron chi connectivity index (χ1n) is 7.34. The van der Waals surface area contributed by atoms with Crippen molar-refractivity contribution in [3.63, 3.8) is 0 Å². The maximum absolute atomic E-state index is 11.8. The van der Waals surface area contributed by atoms with E-state index in [0.29, 0.717) is 23.9 Å². The van der Waals surface area contributed by atoms with Crippen LogP contribution in [-0.2, 0) is 4.79 Å². The number of unbranched alkanes of at least 4 members (excludes halogenated alkanes) is 1. The van der Waals surface area contributed by atoms with E-state index in [1.54, 1.807) is 0 Å². The van der Waals surface area contributed by atoms with Crippen LogP contribution < -0.4 is 5.32 Å². The standard InChI is InChI=1S/C16H21N3O2/c1-4-5-6-14(20)17-16-15(18-21-19-16)13-9-7-12(8-10-13)11(2)3/h7-11H,4-6H2,1-3H3,(H,17,19,20). The van der Waals surface area contributed by atoms with Crippen LogP contribution in [0, 0.1) is 0 Å². The lowest BCUT2D eigenvalue weighted by Crippen LogP contribution is -2.11. The van der Waals surface area contributed by atoms with Crippen molar-refractivity contribution < 1.29 is 9.42 Å². The molecule has 0 bridgehead atoms. The fraction of sp³-hybridized carbons (Fsp3) is 0.438. The van der Waals surface area contributed by atoms with E-state index in [-0.39, 0.29) is 5.91 Å². The minimum atomic E-state index is -0.0624. The Balaban J connectivity index is 2.14. The largest absolute Gasteiger partial charge is 0.306 e. The number of benzene rings is 1. The number of nitrogens with one attached hydrogen (secondary N) is 1. The average Bonchev–Trinajstić information content (AvgIpc) is 2.93. The molecule has 112 valence electrons. The number of carbonyl (C=O) groups excluding carboxylic acids is 1. The van der Waals surface area contributed by atoms with Gasteiger partial charge in [-0.25, -0.2) is 4.63 Å². The van der Waals surface area contributed by atoms with Crippen molar-refractivity contribution in [1.82, 2.24) is 10.3 Å². The fourth-order valence-electron chi connectivity index (χ4n) is 2.02. The van der Waals surface area contributed by atoms with Crippen LogP contribution in [0.1, 0.15) is 51.5 Å². The van der Waals surface area contributed by atoms with Gasteiger partial charge in [0.05, 0.1) is 0 Å². The summed E-state index contributed by atoms with van der Waals surface area (Å²) in [5.41, 5.74) is 2.70. The van der Waals surface area contributed by atoms with Crippen LogP contribution in [0.5, 0.6) is 0 Å². The van der Waals surface area contributed by atoms with Crippen LogP contribution in [0.15, 0.2) is 28.9 Å². The number of amides is 1. The molecule has 5 heteroatoms. The summed E-state index contributed by atoms with van der Waals surface area (Å²) in [6.07, 6.45) is 2.32. The zero-order valence-electron chi connectivity index (χ0n) is 12.7. The third-order valence-electron chi connectivity index (χ3n) is 3.35. The first-order valence-corrected chi connectivity index (χ1v) is 7.34. The molecule has 21 heavy (non-hydrogen) atoms. The van der Waals surface area contributed by atoms with E-state index in [1.807, 2.05) is 19.1 Å². The van der Waals surface area contributed by atoms with Crippen LogP contribution in [-0.4, -0.2) is 16.2 Å². The van der Waals surface area contributed by atoms with Gasteiger partial charge in [0.1, 0.15) is 0 Å². The zero-order chi connectivity index (χ0) is 15.2. The Morgan fingerprint density at radius 3 is 2.57 bits per heavy atom. The summed E-state index contributed by atoms with van der Waals surface area (Å²) in [6.45, 7) is 6.34. The Labute approximate surface area is 124 Å². The molecule has 0 saturated heterocycles. The lowest BCUT2D eigenvalue weighted by atomic mass is 10.0. The van der Waals surface area contributed by atoms with E-state index in [2.05, 4.69) is 41.6 Å². The van der Waals surface area contributed by atoms with Crippen molar-refractivity contribution in [2.75, 3.05) is 5.32 Å². The van der Waals surface area contributed by atoms with Crippen LogP contribution >= 0.6 is 0 Å². The smallest absolute Gasteiger partial charge is 0.225 e. The predicted octanol–water partition coefficient (Wildman–Crippen LogP) is 3.99. The Kier molecular flexibility index (Phi) is 5.09. The SMILES string of the molecule is CCCCC(=O)Nc1nonc1-c1ccc(C(C)C)cc1. The molecule has 1 N–H and O–H groups in total. The van der Waals surface area contributed by atoms with Gasteiger partial charge in [-0.05, 0) is 28.2 Å². The molecular weight excluding hydrogens is 266 g/mol. The van der Waals surface area contributed by atoms with E-state index < -0.39 is 0 Å². The summed E-state index contributed by atoms with van der Waals surface area (Å²) >= 11 is 0. The second-order valence-electron chi connectivity index (χ2n) is 5.39. The number of anilines is 1. The molecule has 0 spiro atoms. The molecule has 1 aromatic heterocycles.